The van der Waals surface area contributed by atoms with Gasteiger partial charge in [0, 0.05) is 43.7 Å². The van der Waals surface area contributed by atoms with Gasteiger partial charge in [-0.2, -0.15) is 0 Å². The van der Waals surface area contributed by atoms with Gasteiger partial charge in [0.1, 0.15) is 0 Å². The lowest BCUT2D eigenvalue weighted by Gasteiger charge is -2.34. The lowest BCUT2D eigenvalue weighted by Crippen LogP contribution is -2.50. The molecular weight excluding hydrogens is 252 g/mol. The van der Waals surface area contributed by atoms with Crippen molar-refractivity contribution < 1.29 is 9.59 Å². The molecule has 0 aliphatic carbocycles. The van der Waals surface area contributed by atoms with Crippen LogP contribution >= 0.6 is 11.6 Å². The normalized spacial score (nSPS) is 15.7. The minimum absolute atomic E-state index is 0.00475. The molecule has 2 rings (SSSR count). The molecule has 0 N–H and O–H groups in total. The lowest BCUT2D eigenvalue weighted by atomic mass is 10.2. The van der Waals surface area contributed by atoms with Crippen molar-refractivity contribution in [3.8, 4) is 0 Å². The summed E-state index contributed by atoms with van der Waals surface area (Å²) in [5, 5.41) is 0.618. The Morgan fingerprint density at radius 1 is 1.00 bits per heavy atom. The highest BCUT2D eigenvalue weighted by Gasteiger charge is 2.22. The third-order valence-electron chi connectivity index (χ3n) is 3.10. The van der Waals surface area contributed by atoms with Crippen LogP contribution in [0.15, 0.2) is 24.3 Å². The van der Waals surface area contributed by atoms with Gasteiger partial charge in [-0.05, 0) is 24.3 Å². The molecule has 1 aromatic carbocycles. The maximum Gasteiger partial charge on any atom is 0.253 e. The van der Waals surface area contributed by atoms with E-state index in [0.717, 1.165) is 0 Å². The molecule has 0 aromatic heterocycles. The van der Waals surface area contributed by atoms with Crippen LogP contribution in [-0.2, 0) is 4.79 Å². The maximum atomic E-state index is 12.2. The van der Waals surface area contributed by atoms with Gasteiger partial charge in [0.15, 0.2) is 0 Å². The second kappa shape index (κ2) is 5.40. The molecule has 1 fully saturated rings. The predicted octanol–water partition coefficient (Wildman–Crippen LogP) is 1.64. The highest BCUT2D eigenvalue weighted by atomic mass is 35.5. The molecule has 0 unspecified atom stereocenters. The predicted molar refractivity (Wildman–Crippen MR) is 69.6 cm³/mol. The molecule has 1 aliphatic heterocycles. The molecule has 2 amide bonds. The fraction of sp³-hybridized carbons (Fsp3) is 0.385. The maximum absolute atomic E-state index is 12.2. The largest absolute Gasteiger partial charge is 0.339 e. The first kappa shape index (κ1) is 12.9. The minimum Gasteiger partial charge on any atom is -0.339 e. The third-order valence-corrected chi connectivity index (χ3v) is 3.36. The highest BCUT2D eigenvalue weighted by Crippen LogP contribution is 2.13. The summed E-state index contributed by atoms with van der Waals surface area (Å²) < 4.78 is 0. The minimum atomic E-state index is -0.00475. The Kier molecular flexibility index (Phi) is 3.87. The van der Waals surface area contributed by atoms with Gasteiger partial charge in [0.05, 0.1) is 0 Å². The van der Waals surface area contributed by atoms with Crippen molar-refractivity contribution in [3.63, 3.8) is 0 Å². The molecule has 0 saturated carbocycles. The lowest BCUT2D eigenvalue weighted by molar-refractivity contribution is -0.130. The third kappa shape index (κ3) is 2.82. The molecule has 1 saturated heterocycles. The van der Waals surface area contributed by atoms with Gasteiger partial charge in [-0.15, -0.1) is 0 Å². The van der Waals surface area contributed by atoms with Gasteiger partial charge in [0.25, 0.3) is 5.91 Å². The summed E-state index contributed by atoms with van der Waals surface area (Å²) in [5.41, 5.74) is 0.635. The van der Waals surface area contributed by atoms with E-state index >= 15 is 0 Å². The molecule has 1 aliphatic rings. The molecule has 0 radical (unpaired) electrons. The topological polar surface area (TPSA) is 40.6 Å². The van der Waals surface area contributed by atoms with Crippen LogP contribution in [0.5, 0.6) is 0 Å². The van der Waals surface area contributed by atoms with E-state index in [9.17, 15) is 9.59 Å². The zero-order valence-electron chi connectivity index (χ0n) is 10.2. The molecule has 0 spiro atoms. The van der Waals surface area contributed by atoms with Crippen LogP contribution < -0.4 is 0 Å². The fourth-order valence-electron chi connectivity index (χ4n) is 2.00. The van der Waals surface area contributed by atoms with E-state index < -0.39 is 0 Å². The number of rotatable bonds is 1. The van der Waals surface area contributed by atoms with E-state index in [1.54, 1.807) is 41.0 Å². The van der Waals surface area contributed by atoms with E-state index in [2.05, 4.69) is 0 Å². The van der Waals surface area contributed by atoms with Crippen molar-refractivity contribution in [2.45, 2.75) is 6.92 Å². The molecule has 0 bridgehead atoms. The molecule has 96 valence electrons. The quantitative estimate of drug-likeness (QED) is 0.775. The first-order chi connectivity index (χ1) is 8.58. The number of nitrogens with zero attached hydrogens (tertiary/aromatic N) is 2. The Morgan fingerprint density at radius 2 is 1.50 bits per heavy atom. The van der Waals surface area contributed by atoms with Crippen molar-refractivity contribution in [1.82, 2.24) is 9.80 Å². The Bertz CT molecular complexity index is 451. The highest BCUT2D eigenvalue weighted by molar-refractivity contribution is 6.30. The van der Waals surface area contributed by atoms with E-state index in [1.165, 1.54) is 0 Å². The number of piperazine rings is 1. The van der Waals surface area contributed by atoms with Crippen LogP contribution in [0.3, 0.4) is 0 Å². The summed E-state index contributed by atoms with van der Waals surface area (Å²) in [5.74, 6) is 0.0588. The summed E-state index contributed by atoms with van der Waals surface area (Å²) in [6.07, 6.45) is 0. The number of carbonyl (C=O) groups is 2. The molecule has 1 heterocycles. The molecular formula is C13H15ClN2O2. The van der Waals surface area contributed by atoms with Crippen LogP contribution in [0.2, 0.25) is 5.02 Å². The number of benzene rings is 1. The van der Waals surface area contributed by atoms with Gasteiger partial charge in [-0.1, -0.05) is 11.6 Å². The van der Waals surface area contributed by atoms with Crippen molar-refractivity contribution >= 4 is 23.4 Å². The van der Waals surface area contributed by atoms with Crippen molar-refractivity contribution in [2.24, 2.45) is 0 Å². The van der Waals surface area contributed by atoms with Crippen LogP contribution in [0, 0.1) is 0 Å². The van der Waals surface area contributed by atoms with E-state index in [-0.39, 0.29) is 11.8 Å². The number of hydrogen-bond acceptors (Lipinski definition) is 2. The Balaban J connectivity index is 1.99. The van der Waals surface area contributed by atoms with Gasteiger partial charge in [-0.25, -0.2) is 0 Å². The van der Waals surface area contributed by atoms with Crippen LogP contribution in [-0.4, -0.2) is 47.8 Å². The molecule has 18 heavy (non-hydrogen) atoms. The Hall–Kier alpha value is -1.55. The van der Waals surface area contributed by atoms with Crippen LogP contribution in [0.4, 0.5) is 0 Å². The Labute approximate surface area is 111 Å². The second-order valence-corrected chi connectivity index (χ2v) is 4.74. The Morgan fingerprint density at radius 3 is 2.00 bits per heavy atom. The monoisotopic (exact) mass is 266 g/mol. The van der Waals surface area contributed by atoms with Gasteiger partial charge < -0.3 is 9.80 Å². The summed E-state index contributed by atoms with van der Waals surface area (Å²) >= 11 is 5.79. The average molecular weight is 267 g/mol. The van der Waals surface area contributed by atoms with Gasteiger partial charge in [0.2, 0.25) is 5.91 Å². The molecule has 4 nitrogen and oxygen atoms in total. The number of carbonyl (C=O) groups excluding carboxylic acids is 2. The number of hydrogen-bond donors (Lipinski definition) is 0. The zero-order valence-corrected chi connectivity index (χ0v) is 11.0. The van der Waals surface area contributed by atoms with E-state index in [1.807, 2.05) is 0 Å². The molecule has 0 atom stereocenters. The SMILES string of the molecule is CC(=O)N1CCN(C(=O)c2ccc(Cl)cc2)CC1. The number of amides is 2. The summed E-state index contributed by atoms with van der Waals surface area (Å²) in [6, 6.07) is 6.87. The first-order valence-electron chi connectivity index (χ1n) is 5.88. The molecule has 1 aromatic rings. The smallest absolute Gasteiger partial charge is 0.253 e. The number of halogens is 1. The average Bonchev–Trinajstić information content (AvgIpc) is 2.39. The molecule has 5 heteroatoms. The van der Waals surface area contributed by atoms with Crippen LogP contribution in [0.1, 0.15) is 17.3 Å². The first-order valence-corrected chi connectivity index (χ1v) is 6.26. The van der Waals surface area contributed by atoms with Crippen molar-refractivity contribution in [2.75, 3.05) is 26.2 Å². The van der Waals surface area contributed by atoms with Crippen molar-refractivity contribution in [3.05, 3.63) is 34.9 Å². The fourth-order valence-corrected chi connectivity index (χ4v) is 2.13. The second-order valence-electron chi connectivity index (χ2n) is 4.31. The van der Waals surface area contributed by atoms with Crippen LogP contribution in [0.25, 0.3) is 0 Å². The van der Waals surface area contributed by atoms with E-state index in [0.29, 0.717) is 36.8 Å². The summed E-state index contributed by atoms with van der Waals surface area (Å²) in [7, 11) is 0. The summed E-state index contributed by atoms with van der Waals surface area (Å²) in [6.45, 7) is 3.93. The zero-order chi connectivity index (χ0) is 13.1. The van der Waals surface area contributed by atoms with Gasteiger partial charge >= 0.3 is 0 Å². The van der Waals surface area contributed by atoms with Gasteiger partial charge in [-0.3, -0.25) is 9.59 Å². The summed E-state index contributed by atoms with van der Waals surface area (Å²) in [4.78, 5) is 26.9. The van der Waals surface area contributed by atoms with E-state index in [4.69, 9.17) is 11.6 Å². The van der Waals surface area contributed by atoms with Crippen molar-refractivity contribution in [1.29, 1.82) is 0 Å². The standard InChI is InChI=1S/C13H15ClN2O2/c1-10(17)15-6-8-16(9-7-15)13(18)11-2-4-12(14)5-3-11/h2-5H,6-9H2,1H3.